The number of esters is 4. The topological polar surface area (TPSA) is 124 Å². The molecule has 2 bridgehead atoms. The van der Waals surface area contributed by atoms with Gasteiger partial charge in [0, 0.05) is 6.08 Å². The Kier molecular flexibility index (Phi) is 9.05. The van der Waals surface area contributed by atoms with Crippen molar-refractivity contribution in [2.24, 2.45) is 0 Å². The fourth-order valence-electron chi connectivity index (χ4n) is 4.65. The first-order valence-electron chi connectivity index (χ1n) is 13.4. The van der Waals surface area contributed by atoms with Crippen LogP contribution in [0.2, 0.25) is 0 Å². The van der Waals surface area contributed by atoms with Crippen molar-refractivity contribution in [2.75, 3.05) is 6.61 Å². The Morgan fingerprint density at radius 2 is 1.10 bits per heavy atom. The molecule has 0 amide bonds. The van der Waals surface area contributed by atoms with Crippen LogP contribution in [0.5, 0.6) is 0 Å². The van der Waals surface area contributed by atoms with E-state index in [1.165, 1.54) is 12.2 Å². The second-order valence-electron chi connectivity index (χ2n) is 9.39. The SMILES string of the molecule is CCOC(=O)/C=C/[C@@H]1O[C@@H]2O[C@H]1[C@@H](OC(=O)c1ccccc1)[C@H](OC(=O)c1ccccc1)[C@H]2OC(=O)c1ccccc1. The molecule has 0 radical (unpaired) electrons. The van der Waals surface area contributed by atoms with E-state index in [0.717, 1.165) is 0 Å². The van der Waals surface area contributed by atoms with Gasteiger partial charge in [0.05, 0.1) is 23.3 Å². The van der Waals surface area contributed by atoms with Crippen molar-refractivity contribution in [1.82, 2.24) is 0 Å². The van der Waals surface area contributed by atoms with Crippen LogP contribution in [-0.2, 0) is 33.2 Å². The molecule has 6 atom stereocenters. The van der Waals surface area contributed by atoms with Crippen molar-refractivity contribution in [3.8, 4) is 0 Å². The van der Waals surface area contributed by atoms with Gasteiger partial charge >= 0.3 is 23.9 Å². The van der Waals surface area contributed by atoms with Crippen LogP contribution < -0.4 is 0 Å². The minimum absolute atomic E-state index is 0.170. The highest BCUT2D eigenvalue weighted by atomic mass is 16.8. The predicted octanol–water partition coefficient (Wildman–Crippen LogP) is 3.91. The van der Waals surface area contributed by atoms with E-state index in [1.807, 2.05) is 0 Å². The van der Waals surface area contributed by atoms with Gasteiger partial charge in [-0.05, 0) is 49.4 Å². The van der Waals surface area contributed by atoms with E-state index < -0.39 is 60.7 Å². The minimum atomic E-state index is -1.34. The maximum Gasteiger partial charge on any atom is 0.338 e. The van der Waals surface area contributed by atoms with Crippen LogP contribution in [0.4, 0.5) is 0 Å². The summed E-state index contributed by atoms with van der Waals surface area (Å²) in [6.45, 7) is 1.84. The molecule has 216 valence electrons. The van der Waals surface area contributed by atoms with Crippen LogP contribution >= 0.6 is 0 Å². The first kappa shape index (κ1) is 28.7. The number of fused-ring (bicyclic) bond motifs is 2. The molecule has 2 aliphatic rings. The molecule has 2 heterocycles. The molecule has 42 heavy (non-hydrogen) atoms. The third-order valence-electron chi connectivity index (χ3n) is 6.61. The average Bonchev–Trinajstić information content (AvgIpc) is 3.41. The Bertz CT molecular complexity index is 1420. The molecular formula is C32H28O10. The van der Waals surface area contributed by atoms with Gasteiger partial charge in [0.2, 0.25) is 0 Å². The summed E-state index contributed by atoms with van der Waals surface area (Å²) >= 11 is 0. The standard InChI is InChI=1S/C32H28O10/c1-2-37-24(33)19-18-23-25-26(39-29(34)20-12-6-3-7-13-20)27(40-30(35)21-14-8-4-9-15-21)28(32(38-23)42-25)41-31(36)22-16-10-5-11-17-22/h3-19,23,25-28,32H,2H2,1H3/b19-18+/t23-,25+,26+,27-,28+,32+/m0/s1. The summed E-state index contributed by atoms with van der Waals surface area (Å²) in [5, 5.41) is 0. The van der Waals surface area contributed by atoms with Crippen LogP contribution in [0.25, 0.3) is 0 Å². The lowest BCUT2D eigenvalue weighted by Crippen LogP contribution is -2.59. The fourth-order valence-corrected chi connectivity index (χ4v) is 4.65. The Morgan fingerprint density at radius 1 is 0.643 bits per heavy atom. The third-order valence-corrected chi connectivity index (χ3v) is 6.61. The van der Waals surface area contributed by atoms with E-state index in [2.05, 4.69) is 0 Å². The largest absolute Gasteiger partial charge is 0.463 e. The van der Waals surface area contributed by atoms with Crippen LogP contribution in [0.15, 0.2) is 103 Å². The molecule has 10 heteroatoms. The molecule has 0 saturated carbocycles. The number of benzene rings is 3. The van der Waals surface area contributed by atoms with E-state index in [9.17, 15) is 19.2 Å². The molecule has 0 aromatic heterocycles. The Balaban J connectivity index is 1.51. The van der Waals surface area contributed by atoms with Crippen molar-refractivity contribution >= 4 is 23.9 Å². The Morgan fingerprint density at radius 3 is 1.57 bits per heavy atom. The first-order chi connectivity index (χ1) is 20.4. The monoisotopic (exact) mass is 572 g/mol. The van der Waals surface area contributed by atoms with E-state index in [0.29, 0.717) is 0 Å². The van der Waals surface area contributed by atoms with Gasteiger partial charge in [0.25, 0.3) is 0 Å². The normalized spacial score (nSPS) is 24.5. The molecule has 3 aromatic carbocycles. The van der Waals surface area contributed by atoms with Crippen molar-refractivity contribution in [2.45, 2.75) is 43.7 Å². The second-order valence-corrected chi connectivity index (χ2v) is 9.39. The van der Waals surface area contributed by atoms with Gasteiger partial charge in [-0.25, -0.2) is 19.2 Å². The number of carbonyl (C=O) groups excluding carboxylic acids is 4. The van der Waals surface area contributed by atoms with Gasteiger partial charge in [0.1, 0.15) is 12.2 Å². The Labute approximate surface area is 241 Å². The van der Waals surface area contributed by atoms with Crippen molar-refractivity contribution < 1.29 is 47.6 Å². The van der Waals surface area contributed by atoms with E-state index in [4.69, 9.17) is 28.4 Å². The molecule has 0 spiro atoms. The first-order valence-corrected chi connectivity index (χ1v) is 13.4. The molecule has 3 aromatic rings. The summed E-state index contributed by atoms with van der Waals surface area (Å²) in [6, 6.07) is 24.6. The zero-order valence-electron chi connectivity index (χ0n) is 22.6. The quantitative estimate of drug-likeness (QED) is 0.212. The molecule has 10 nitrogen and oxygen atoms in total. The smallest absolute Gasteiger partial charge is 0.338 e. The van der Waals surface area contributed by atoms with Crippen molar-refractivity contribution in [3.63, 3.8) is 0 Å². The van der Waals surface area contributed by atoms with Gasteiger partial charge in [-0.3, -0.25) is 0 Å². The molecule has 5 rings (SSSR count). The summed E-state index contributed by atoms with van der Waals surface area (Å²) in [7, 11) is 0. The zero-order chi connectivity index (χ0) is 29.5. The van der Waals surface area contributed by atoms with Crippen molar-refractivity contribution in [1.29, 1.82) is 0 Å². The number of ether oxygens (including phenoxy) is 6. The Hall–Kier alpha value is -4.80. The summed E-state index contributed by atoms with van der Waals surface area (Å²) < 4.78 is 34.6. The molecule has 2 aliphatic heterocycles. The summed E-state index contributed by atoms with van der Waals surface area (Å²) in [4.78, 5) is 51.7. The predicted molar refractivity (Wildman–Crippen MR) is 146 cm³/mol. The molecular weight excluding hydrogens is 544 g/mol. The van der Waals surface area contributed by atoms with Gasteiger partial charge in [-0.15, -0.1) is 0 Å². The summed E-state index contributed by atoms with van der Waals surface area (Å²) in [5.74, 6) is -2.80. The maximum absolute atomic E-state index is 13.3. The van der Waals surface area contributed by atoms with E-state index in [-0.39, 0.29) is 23.3 Å². The third kappa shape index (κ3) is 6.56. The number of hydrogen-bond donors (Lipinski definition) is 0. The van der Waals surface area contributed by atoms with Gasteiger partial charge in [-0.2, -0.15) is 0 Å². The summed E-state index contributed by atoms with van der Waals surface area (Å²) in [6.07, 6.45) is -4.55. The molecule has 2 saturated heterocycles. The fraction of sp³-hybridized carbons (Fsp3) is 0.250. The van der Waals surface area contributed by atoms with Gasteiger partial charge in [0.15, 0.2) is 24.6 Å². The van der Waals surface area contributed by atoms with E-state index >= 15 is 0 Å². The second kappa shape index (κ2) is 13.2. The molecule has 0 N–H and O–H groups in total. The van der Waals surface area contributed by atoms with Crippen LogP contribution in [0.3, 0.4) is 0 Å². The highest BCUT2D eigenvalue weighted by molar-refractivity contribution is 5.91. The van der Waals surface area contributed by atoms with Crippen molar-refractivity contribution in [3.05, 3.63) is 120 Å². The molecule has 2 fully saturated rings. The number of carbonyl (C=O) groups is 4. The number of hydrogen-bond acceptors (Lipinski definition) is 10. The maximum atomic E-state index is 13.3. The minimum Gasteiger partial charge on any atom is -0.463 e. The lowest BCUT2D eigenvalue weighted by Gasteiger charge is -2.39. The molecule has 0 aliphatic carbocycles. The highest BCUT2D eigenvalue weighted by Crippen LogP contribution is 2.39. The van der Waals surface area contributed by atoms with Gasteiger partial charge in [-0.1, -0.05) is 54.6 Å². The number of rotatable bonds is 9. The highest BCUT2D eigenvalue weighted by Gasteiger charge is 2.59. The van der Waals surface area contributed by atoms with E-state index in [1.54, 1.807) is 97.9 Å². The van der Waals surface area contributed by atoms with Gasteiger partial charge < -0.3 is 28.4 Å². The summed E-state index contributed by atoms with van der Waals surface area (Å²) in [5.41, 5.74) is 0.711. The van der Waals surface area contributed by atoms with Crippen LogP contribution in [0.1, 0.15) is 38.0 Å². The van der Waals surface area contributed by atoms with Crippen LogP contribution in [-0.4, -0.2) is 67.3 Å². The van der Waals surface area contributed by atoms with Crippen LogP contribution in [0, 0.1) is 0 Å². The zero-order valence-corrected chi connectivity index (χ0v) is 22.6. The lowest BCUT2D eigenvalue weighted by molar-refractivity contribution is -0.228. The lowest BCUT2D eigenvalue weighted by atomic mass is 9.96. The average molecular weight is 573 g/mol. The molecule has 0 unspecified atom stereocenters.